The second-order valence-corrected chi connectivity index (χ2v) is 10.4. The van der Waals surface area contributed by atoms with Gasteiger partial charge in [0, 0.05) is 47.6 Å². The number of oxime groups is 1. The molecule has 2 aromatic heterocycles. The average molecular weight is 569 g/mol. The Bertz CT molecular complexity index is 1450. The molecule has 5 rings (SSSR count). The lowest BCUT2D eigenvalue weighted by Crippen LogP contribution is -2.41. The number of carbonyl (C=O) groups excluding carboxylic acids is 1. The van der Waals surface area contributed by atoms with E-state index in [-0.39, 0.29) is 5.92 Å². The van der Waals surface area contributed by atoms with Gasteiger partial charge in [-0.25, -0.2) is 9.37 Å². The Kier molecular flexibility index (Phi) is 7.28. The molecule has 1 saturated heterocycles. The quantitative estimate of drug-likeness (QED) is 0.387. The van der Waals surface area contributed by atoms with Gasteiger partial charge in [-0.3, -0.25) is 9.59 Å². The van der Waals surface area contributed by atoms with E-state index in [1.54, 1.807) is 17.0 Å². The first-order valence-corrected chi connectivity index (χ1v) is 13.0. The molecule has 0 radical (unpaired) electrons. The van der Waals surface area contributed by atoms with Gasteiger partial charge in [-0.1, -0.05) is 22.8 Å². The Morgan fingerprint density at radius 2 is 1.97 bits per heavy atom. The van der Waals surface area contributed by atoms with Crippen LogP contribution in [-0.2, 0) is 22.4 Å². The van der Waals surface area contributed by atoms with Crippen LogP contribution < -0.4 is 5.56 Å². The van der Waals surface area contributed by atoms with Crippen LogP contribution in [0.4, 0.5) is 17.6 Å². The summed E-state index contributed by atoms with van der Waals surface area (Å²) in [6.45, 7) is 0.340. The summed E-state index contributed by atoms with van der Waals surface area (Å²) in [5, 5.41) is 7.15. The molecule has 7 nitrogen and oxygen atoms in total. The largest absolute Gasteiger partial charge is 0.421 e. The highest BCUT2D eigenvalue weighted by atomic mass is 35.5. The van der Waals surface area contributed by atoms with Crippen LogP contribution in [0, 0.1) is 5.82 Å². The highest BCUT2D eigenvalue weighted by molar-refractivity contribution is 7.10. The van der Waals surface area contributed by atoms with Crippen molar-refractivity contribution in [2.24, 2.45) is 5.16 Å². The third kappa shape index (κ3) is 5.46. The SMILES string of the molecule is O=C(Cn1cccc(C(F)(F)F)c1=O)N1CCC(c2nc(C3=NOC(c4ccc(Cl)cc4F)C3)cs2)CC1. The summed E-state index contributed by atoms with van der Waals surface area (Å²) in [4.78, 5) is 36.5. The summed E-state index contributed by atoms with van der Waals surface area (Å²) in [6.07, 6.45) is -2.55. The van der Waals surface area contributed by atoms with Crippen molar-refractivity contribution in [1.82, 2.24) is 14.5 Å². The van der Waals surface area contributed by atoms with E-state index in [0.717, 1.165) is 15.6 Å². The van der Waals surface area contributed by atoms with E-state index in [1.165, 1.54) is 23.6 Å². The number of aromatic nitrogens is 2. The number of alkyl halides is 3. The smallest absolute Gasteiger partial charge is 0.387 e. The molecule has 1 unspecified atom stereocenters. The molecule has 1 amide bonds. The van der Waals surface area contributed by atoms with Gasteiger partial charge in [0.25, 0.3) is 5.56 Å². The summed E-state index contributed by atoms with van der Waals surface area (Å²) < 4.78 is 54.1. The third-order valence-electron chi connectivity index (χ3n) is 6.62. The van der Waals surface area contributed by atoms with E-state index in [9.17, 15) is 27.2 Å². The van der Waals surface area contributed by atoms with Crippen molar-refractivity contribution in [3.05, 3.63) is 84.9 Å². The van der Waals surface area contributed by atoms with Crippen LogP contribution in [0.5, 0.6) is 0 Å². The van der Waals surface area contributed by atoms with Crippen LogP contribution in [0.25, 0.3) is 0 Å². The van der Waals surface area contributed by atoms with Crippen LogP contribution >= 0.6 is 22.9 Å². The molecular formula is C25H21ClF4N4O3S. The molecule has 2 aliphatic heterocycles. The first kappa shape index (κ1) is 26.4. The van der Waals surface area contributed by atoms with Crippen LogP contribution in [-0.4, -0.2) is 39.2 Å². The number of amides is 1. The molecule has 0 spiro atoms. The second-order valence-electron chi connectivity index (χ2n) is 9.08. The average Bonchev–Trinajstić information content (AvgIpc) is 3.55. The molecule has 4 heterocycles. The third-order valence-corrected chi connectivity index (χ3v) is 7.87. The second kappa shape index (κ2) is 10.5. The number of pyridine rings is 1. The molecule has 13 heteroatoms. The fraction of sp³-hybridized carbons (Fsp3) is 0.360. The number of rotatable bonds is 5. The van der Waals surface area contributed by atoms with Crippen molar-refractivity contribution >= 4 is 34.6 Å². The first-order chi connectivity index (χ1) is 18.1. The van der Waals surface area contributed by atoms with Crippen molar-refractivity contribution in [1.29, 1.82) is 0 Å². The van der Waals surface area contributed by atoms with Crippen LogP contribution in [0.3, 0.4) is 0 Å². The minimum absolute atomic E-state index is 0.0986. The number of nitrogens with zero attached hydrogens (tertiary/aromatic N) is 4. The van der Waals surface area contributed by atoms with Crippen molar-refractivity contribution in [3.63, 3.8) is 0 Å². The predicted molar refractivity (Wildman–Crippen MR) is 133 cm³/mol. The van der Waals surface area contributed by atoms with E-state index in [4.69, 9.17) is 21.4 Å². The van der Waals surface area contributed by atoms with Crippen LogP contribution in [0.1, 0.15) is 53.1 Å². The number of carbonyl (C=O) groups is 1. The summed E-state index contributed by atoms with van der Waals surface area (Å²) in [6, 6.07) is 6.21. The minimum atomic E-state index is -4.78. The zero-order valence-electron chi connectivity index (χ0n) is 19.8. The number of likely N-dealkylation sites (tertiary alicyclic amines) is 1. The van der Waals surface area contributed by atoms with Crippen molar-refractivity contribution in [2.75, 3.05) is 13.1 Å². The Labute approximate surface area is 223 Å². The minimum Gasteiger partial charge on any atom is -0.387 e. The molecule has 0 aliphatic carbocycles. The topological polar surface area (TPSA) is 76.8 Å². The number of halogens is 5. The van der Waals surface area contributed by atoms with Crippen molar-refractivity contribution in [3.8, 4) is 0 Å². The van der Waals surface area contributed by atoms with E-state index >= 15 is 0 Å². The molecule has 3 aromatic rings. The molecule has 1 atom stereocenters. The van der Waals surface area contributed by atoms with Gasteiger partial charge < -0.3 is 14.3 Å². The van der Waals surface area contributed by atoms with Gasteiger partial charge in [0.05, 0.1) is 10.7 Å². The number of hydrogen-bond donors (Lipinski definition) is 0. The molecular weight excluding hydrogens is 548 g/mol. The zero-order valence-corrected chi connectivity index (χ0v) is 21.3. The first-order valence-electron chi connectivity index (χ1n) is 11.8. The fourth-order valence-corrected chi connectivity index (χ4v) is 5.72. The van der Waals surface area contributed by atoms with Gasteiger partial charge in [0.2, 0.25) is 5.91 Å². The molecule has 0 N–H and O–H groups in total. The fourth-order valence-electron chi connectivity index (χ4n) is 4.56. The lowest BCUT2D eigenvalue weighted by Gasteiger charge is -2.31. The maximum absolute atomic E-state index is 14.3. The zero-order chi connectivity index (χ0) is 27.0. The molecule has 0 bridgehead atoms. The molecule has 0 saturated carbocycles. The standard InChI is InChI=1S/C25H21ClF4N4O3S/c26-15-3-4-16(18(27)10-15)21-11-19(32-37-21)20-13-38-23(31-20)14-5-8-33(9-6-14)22(35)12-34-7-1-2-17(24(34)36)25(28,29)30/h1-4,7,10,13-14,21H,5-6,8-9,11-12H2. The Hall–Kier alpha value is -3.25. The van der Waals surface area contributed by atoms with Gasteiger partial charge in [-0.2, -0.15) is 13.2 Å². The number of thiazole rings is 1. The van der Waals surface area contributed by atoms with E-state index < -0.39 is 41.7 Å². The summed E-state index contributed by atoms with van der Waals surface area (Å²) in [7, 11) is 0. The Morgan fingerprint density at radius 3 is 2.68 bits per heavy atom. The van der Waals surface area contributed by atoms with Crippen LogP contribution in [0.2, 0.25) is 5.02 Å². The van der Waals surface area contributed by atoms with Gasteiger partial charge in [0.1, 0.15) is 23.6 Å². The van der Waals surface area contributed by atoms with Crippen molar-refractivity contribution in [2.45, 2.75) is 44.0 Å². The maximum atomic E-state index is 14.3. The molecule has 1 aromatic carbocycles. The van der Waals surface area contributed by atoms with E-state index in [1.807, 2.05) is 5.38 Å². The van der Waals surface area contributed by atoms with Gasteiger partial charge in [-0.05, 0) is 37.1 Å². The lowest BCUT2D eigenvalue weighted by molar-refractivity contribution is -0.139. The maximum Gasteiger partial charge on any atom is 0.421 e. The predicted octanol–water partition coefficient (Wildman–Crippen LogP) is 5.39. The highest BCUT2D eigenvalue weighted by Gasteiger charge is 2.35. The molecule has 1 fully saturated rings. The Morgan fingerprint density at radius 1 is 1.21 bits per heavy atom. The number of benzene rings is 1. The Balaban J connectivity index is 1.17. The van der Waals surface area contributed by atoms with E-state index in [2.05, 4.69) is 5.16 Å². The van der Waals surface area contributed by atoms with Crippen molar-refractivity contribution < 1.29 is 27.2 Å². The monoisotopic (exact) mass is 568 g/mol. The van der Waals surface area contributed by atoms with Crippen LogP contribution in [0.15, 0.2) is 51.9 Å². The van der Waals surface area contributed by atoms with E-state index in [0.29, 0.717) is 60.4 Å². The molecule has 200 valence electrons. The van der Waals surface area contributed by atoms with Gasteiger partial charge >= 0.3 is 6.18 Å². The lowest BCUT2D eigenvalue weighted by atomic mass is 9.97. The molecule has 38 heavy (non-hydrogen) atoms. The normalized spacial score (nSPS) is 18.4. The highest BCUT2D eigenvalue weighted by Crippen LogP contribution is 2.35. The number of piperidine rings is 1. The summed E-state index contributed by atoms with van der Waals surface area (Å²) >= 11 is 7.29. The summed E-state index contributed by atoms with van der Waals surface area (Å²) in [5.41, 5.74) is -0.894. The van der Waals surface area contributed by atoms with Gasteiger partial charge in [0.15, 0.2) is 6.10 Å². The van der Waals surface area contributed by atoms with Gasteiger partial charge in [-0.15, -0.1) is 11.3 Å². The molecule has 2 aliphatic rings. The summed E-state index contributed by atoms with van der Waals surface area (Å²) in [5.74, 6) is -0.777. The number of hydrogen-bond acceptors (Lipinski definition) is 6.